The number of anilines is 2. The molecule has 2 aromatic carbocycles. The summed E-state index contributed by atoms with van der Waals surface area (Å²) in [4.78, 5) is 11.9. The van der Waals surface area contributed by atoms with Gasteiger partial charge < -0.3 is 15.8 Å². The number of benzene rings is 2. The highest BCUT2D eigenvalue weighted by Crippen LogP contribution is 2.34. The van der Waals surface area contributed by atoms with Crippen LogP contribution in [0.1, 0.15) is 5.56 Å². The molecule has 0 aliphatic heterocycles. The van der Waals surface area contributed by atoms with Crippen molar-refractivity contribution in [3.8, 4) is 5.75 Å². The molecule has 110 valence electrons. The molecule has 6 heteroatoms. The summed E-state index contributed by atoms with van der Waals surface area (Å²) in [5, 5.41) is 3.25. The molecule has 4 nitrogen and oxygen atoms in total. The minimum atomic E-state index is -0.262. The fourth-order valence-electron chi connectivity index (χ4n) is 1.79. The highest BCUT2D eigenvalue weighted by molar-refractivity contribution is 9.10. The lowest BCUT2D eigenvalue weighted by molar-refractivity contribution is -0.118. The third-order valence-corrected chi connectivity index (χ3v) is 3.49. The van der Waals surface area contributed by atoms with Gasteiger partial charge in [0.1, 0.15) is 0 Å². The second-order valence-corrected chi connectivity index (χ2v) is 5.80. The molecular weight excluding hydrogens is 356 g/mol. The predicted octanol–water partition coefficient (Wildman–Crippen LogP) is 4.01. The molecule has 0 bridgehead atoms. The maximum atomic E-state index is 11.9. The molecule has 0 saturated carbocycles. The van der Waals surface area contributed by atoms with Gasteiger partial charge in [-0.3, -0.25) is 4.79 Å². The molecule has 0 spiro atoms. The topological polar surface area (TPSA) is 64.3 Å². The van der Waals surface area contributed by atoms with Crippen LogP contribution >= 0.6 is 27.5 Å². The highest BCUT2D eigenvalue weighted by atomic mass is 79.9. The van der Waals surface area contributed by atoms with Crippen molar-refractivity contribution in [2.24, 2.45) is 0 Å². The first-order chi connectivity index (χ1) is 9.95. The summed E-state index contributed by atoms with van der Waals surface area (Å²) in [5.74, 6) is 0.139. The number of halogens is 2. The van der Waals surface area contributed by atoms with Gasteiger partial charge in [-0.15, -0.1) is 0 Å². The van der Waals surface area contributed by atoms with Gasteiger partial charge in [-0.25, -0.2) is 0 Å². The standard InChI is InChI=1S/C15H14BrClN2O2/c1-9-3-2-4-11(5-9)19-14(20)8-21-15-12(16)6-10(17)7-13(15)18/h2-7H,8,18H2,1H3,(H,19,20). The normalized spacial score (nSPS) is 10.2. The first-order valence-electron chi connectivity index (χ1n) is 6.19. The van der Waals surface area contributed by atoms with Crippen LogP contribution in [0, 0.1) is 6.92 Å². The molecule has 1 amide bonds. The Morgan fingerprint density at radius 2 is 2.14 bits per heavy atom. The van der Waals surface area contributed by atoms with E-state index in [0.29, 0.717) is 20.9 Å². The smallest absolute Gasteiger partial charge is 0.262 e. The van der Waals surface area contributed by atoms with E-state index in [1.165, 1.54) is 0 Å². The fraction of sp³-hybridized carbons (Fsp3) is 0.133. The van der Waals surface area contributed by atoms with Gasteiger partial charge in [-0.1, -0.05) is 23.7 Å². The Kier molecular flexibility index (Phi) is 5.09. The minimum absolute atomic E-state index is 0.141. The lowest BCUT2D eigenvalue weighted by atomic mass is 10.2. The Morgan fingerprint density at radius 3 is 2.81 bits per heavy atom. The minimum Gasteiger partial charge on any atom is -0.480 e. The molecule has 2 rings (SSSR count). The molecule has 3 N–H and O–H groups in total. The molecular formula is C15H14BrClN2O2. The van der Waals surface area contributed by atoms with Gasteiger partial charge in [-0.2, -0.15) is 0 Å². The second kappa shape index (κ2) is 6.83. The zero-order chi connectivity index (χ0) is 15.4. The Balaban J connectivity index is 1.99. The van der Waals surface area contributed by atoms with Crippen LogP contribution in [0.2, 0.25) is 5.02 Å². The van der Waals surface area contributed by atoms with E-state index >= 15 is 0 Å². The molecule has 0 aliphatic carbocycles. The summed E-state index contributed by atoms with van der Waals surface area (Å²) in [7, 11) is 0. The number of nitrogens with two attached hydrogens (primary N) is 1. The summed E-state index contributed by atoms with van der Waals surface area (Å²) in [6, 6.07) is 10.8. The number of rotatable bonds is 4. The van der Waals surface area contributed by atoms with E-state index in [1.807, 2.05) is 31.2 Å². The second-order valence-electron chi connectivity index (χ2n) is 4.51. The highest BCUT2D eigenvalue weighted by Gasteiger charge is 2.10. The number of nitrogen functional groups attached to an aromatic ring is 1. The van der Waals surface area contributed by atoms with Crippen LogP contribution in [0.3, 0.4) is 0 Å². The molecule has 0 unspecified atom stereocenters. The molecule has 21 heavy (non-hydrogen) atoms. The lowest BCUT2D eigenvalue weighted by Gasteiger charge is -2.11. The SMILES string of the molecule is Cc1cccc(NC(=O)COc2c(N)cc(Cl)cc2Br)c1. The Labute approximate surface area is 136 Å². The number of carbonyl (C=O) groups is 1. The van der Waals surface area contributed by atoms with Gasteiger partial charge in [0, 0.05) is 10.7 Å². The van der Waals surface area contributed by atoms with E-state index in [9.17, 15) is 4.79 Å². The van der Waals surface area contributed by atoms with Crippen LogP contribution in [0.5, 0.6) is 5.75 Å². The van der Waals surface area contributed by atoms with E-state index in [0.717, 1.165) is 11.3 Å². The van der Waals surface area contributed by atoms with Crippen LogP contribution in [0.25, 0.3) is 0 Å². The van der Waals surface area contributed by atoms with Gasteiger partial charge in [0.05, 0.1) is 10.2 Å². The third kappa shape index (κ3) is 4.37. The van der Waals surface area contributed by atoms with Crippen molar-refractivity contribution in [2.45, 2.75) is 6.92 Å². The Hall–Kier alpha value is -1.72. The van der Waals surface area contributed by atoms with E-state index in [-0.39, 0.29) is 12.5 Å². The van der Waals surface area contributed by atoms with Crippen molar-refractivity contribution in [3.63, 3.8) is 0 Å². The number of amides is 1. The first kappa shape index (κ1) is 15.7. The van der Waals surface area contributed by atoms with Crippen LogP contribution in [-0.2, 0) is 4.79 Å². The quantitative estimate of drug-likeness (QED) is 0.800. The van der Waals surface area contributed by atoms with E-state index in [1.54, 1.807) is 12.1 Å². The van der Waals surface area contributed by atoms with Gasteiger partial charge in [-0.05, 0) is 52.7 Å². The lowest BCUT2D eigenvalue weighted by Crippen LogP contribution is -2.20. The maximum Gasteiger partial charge on any atom is 0.262 e. The number of hydrogen-bond donors (Lipinski definition) is 2. The number of carbonyl (C=O) groups excluding carboxylic acids is 1. The van der Waals surface area contributed by atoms with Gasteiger partial charge in [0.25, 0.3) is 5.91 Å². The van der Waals surface area contributed by atoms with Crippen molar-refractivity contribution < 1.29 is 9.53 Å². The van der Waals surface area contributed by atoms with Crippen molar-refractivity contribution >= 4 is 44.8 Å². The summed E-state index contributed by atoms with van der Waals surface area (Å²) >= 11 is 9.17. The van der Waals surface area contributed by atoms with Gasteiger partial charge >= 0.3 is 0 Å². The molecule has 2 aromatic rings. The zero-order valence-electron chi connectivity index (χ0n) is 11.3. The average Bonchev–Trinajstić information content (AvgIpc) is 2.37. The van der Waals surface area contributed by atoms with E-state index in [4.69, 9.17) is 22.1 Å². The number of ether oxygens (including phenoxy) is 1. The zero-order valence-corrected chi connectivity index (χ0v) is 13.7. The van der Waals surface area contributed by atoms with Crippen LogP contribution in [0.15, 0.2) is 40.9 Å². The van der Waals surface area contributed by atoms with Gasteiger partial charge in [0.2, 0.25) is 0 Å². The average molecular weight is 370 g/mol. The molecule has 0 fully saturated rings. The van der Waals surface area contributed by atoms with Crippen LogP contribution in [0.4, 0.5) is 11.4 Å². The number of nitrogens with one attached hydrogen (secondary N) is 1. The molecule has 0 heterocycles. The predicted molar refractivity (Wildman–Crippen MR) is 88.9 cm³/mol. The molecule has 0 aliphatic rings. The molecule has 0 aromatic heterocycles. The number of hydrogen-bond acceptors (Lipinski definition) is 3. The van der Waals surface area contributed by atoms with Crippen molar-refractivity contribution in [2.75, 3.05) is 17.7 Å². The first-order valence-corrected chi connectivity index (χ1v) is 7.36. The van der Waals surface area contributed by atoms with Crippen molar-refractivity contribution in [1.82, 2.24) is 0 Å². The molecule has 0 saturated heterocycles. The Morgan fingerprint density at radius 1 is 1.38 bits per heavy atom. The van der Waals surface area contributed by atoms with Crippen molar-refractivity contribution in [1.29, 1.82) is 0 Å². The summed E-state index contributed by atoms with van der Waals surface area (Å²) < 4.78 is 6.05. The van der Waals surface area contributed by atoms with E-state index in [2.05, 4.69) is 21.2 Å². The van der Waals surface area contributed by atoms with Gasteiger partial charge in [0.15, 0.2) is 12.4 Å². The van der Waals surface area contributed by atoms with E-state index < -0.39 is 0 Å². The maximum absolute atomic E-state index is 11.9. The monoisotopic (exact) mass is 368 g/mol. The fourth-order valence-corrected chi connectivity index (χ4v) is 2.74. The summed E-state index contributed by atoms with van der Waals surface area (Å²) in [6.07, 6.45) is 0. The van der Waals surface area contributed by atoms with Crippen LogP contribution in [-0.4, -0.2) is 12.5 Å². The van der Waals surface area contributed by atoms with Crippen LogP contribution < -0.4 is 15.8 Å². The largest absolute Gasteiger partial charge is 0.480 e. The molecule has 0 radical (unpaired) electrons. The third-order valence-electron chi connectivity index (χ3n) is 2.69. The summed E-state index contributed by atoms with van der Waals surface area (Å²) in [6.45, 7) is 1.82. The number of aryl methyl sites for hydroxylation is 1. The summed E-state index contributed by atoms with van der Waals surface area (Å²) in [5.41, 5.74) is 7.98. The van der Waals surface area contributed by atoms with Crippen molar-refractivity contribution in [3.05, 3.63) is 51.5 Å². The Bertz CT molecular complexity index is 653. The molecule has 0 atom stereocenters.